The summed E-state index contributed by atoms with van der Waals surface area (Å²) in [5, 5.41) is 3.21. The van der Waals surface area contributed by atoms with Crippen LogP contribution in [0, 0.1) is 17.0 Å². The van der Waals surface area contributed by atoms with Crippen molar-refractivity contribution in [1.82, 2.24) is 9.13 Å². The maximum absolute atomic E-state index is 16.0. The minimum Gasteiger partial charge on any atom is -0.309 e. The minimum atomic E-state index is -4.85. The Labute approximate surface area is 364 Å². The Balaban J connectivity index is 0.000000662. The van der Waals surface area contributed by atoms with Gasteiger partial charge in [0.1, 0.15) is 17.2 Å². The Morgan fingerprint density at radius 3 is 1.23 bits per heavy atom. The lowest BCUT2D eigenvalue weighted by Crippen LogP contribution is -2.16. The predicted octanol–water partition coefficient (Wildman–Crippen LogP) is 17.7. The fraction of sp³-hybridized carbons (Fsp3) is 0.309. The van der Waals surface area contributed by atoms with Crippen LogP contribution in [-0.4, -0.2) is 9.13 Å². The number of rotatable bonds is 3. The average Bonchev–Trinajstić information content (AvgIpc) is 3.69. The summed E-state index contributed by atoms with van der Waals surface area (Å²) in [5.74, 6) is -1.64. The summed E-state index contributed by atoms with van der Waals surface area (Å²) in [7, 11) is 0. The molecule has 7 heteroatoms. The highest BCUT2D eigenvalue weighted by Gasteiger charge is 2.40. The second-order valence-electron chi connectivity index (χ2n) is 19.1. The zero-order valence-corrected chi connectivity index (χ0v) is 38.5. The molecule has 8 rings (SSSR count). The van der Waals surface area contributed by atoms with Crippen LogP contribution < -0.4 is 0 Å². The van der Waals surface area contributed by atoms with Crippen molar-refractivity contribution in [3.05, 3.63) is 156 Å². The second-order valence-corrected chi connectivity index (χ2v) is 19.1. The third-order valence-corrected chi connectivity index (χ3v) is 10.2. The molecule has 0 saturated carbocycles. The molecule has 2 nitrogen and oxygen atoms in total. The molecule has 0 amide bonds. The van der Waals surface area contributed by atoms with Gasteiger partial charge in [0.05, 0.1) is 33.4 Å². The third-order valence-electron chi connectivity index (χ3n) is 10.2. The van der Waals surface area contributed by atoms with Crippen molar-refractivity contribution < 1.29 is 22.0 Å². The Morgan fingerprint density at radius 2 is 0.871 bits per heavy atom. The Bertz CT molecular complexity index is 2710. The van der Waals surface area contributed by atoms with E-state index in [1.54, 1.807) is 27.3 Å². The first-order valence-electron chi connectivity index (χ1n) is 21.3. The van der Waals surface area contributed by atoms with Crippen LogP contribution in [0.5, 0.6) is 0 Å². The Hall–Kier alpha value is -5.69. The van der Waals surface area contributed by atoms with E-state index in [1.807, 2.05) is 93.6 Å². The molecule has 0 saturated heterocycles. The molecule has 0 aliphatic heterocycles. The number of hydrogen-bond acceptors (Lipinski definition) is 0. The predicted molar refractivity (Wildman–Crippen MR) is 255 cm³/mol. The standard InChI is InChI=1S/C45H37F5N2.C5H12.C3H6.C2H6/c1-43(2,3)27-15-19-38-33(23-27)31-11-7-9-13-36(31)51(38)40-21-26(30-18-17-29(46)25-35(30)47)22-41(42(40)45(48,49)50)52-37-14-10-8-12-32(37)34-24-28(44(4,5)6)16-20-39(34)52;1-5(2,3)4;1-3-2;1-2/h7-25H,1-6H3;1-4H3;3H,1H2,2H3;1-2H3. The molecule has 0 bridgehead atoms. The molecule has 8 aromatic rings. The van der Waals surface area contributed by atoms with Crippen molar-refractivity contribution in [2.24, 2.45) is 5.41 Å². The number of aromatic nitrogens is 2. The van der Waals surface area contributed by atoms with Gasteiger partial charge in [0, 0.05) is 33.2 Å². The number of allylic oxidation sites excluding steroid dienone is 1. The van der Waals surface area contributed by atoms with E-state index < -0.39 is 23.4 Å². The molecule has 326 valence electrons. The van der Waals surface area contributed by atoms with Crippen molar-refractivity contribution in [3.63, 3.8) is 0 Å². The van der Waals surface area contributed by atoms with Gasteiger partial charge in [0.25, 0.3) is 0 Å². The van der Waals surface area contributed by atoms with Crippen LogP contribution in [0.2, 0.25) is 0 Å². The summed E-state index contributed by atoms with van der Waals surface area (Å²) in [5.41, 5.74) is 3.49. The van der Waals surface area contributed by atoms with Crippen LogP contribution in [0.1, 0.15) is 107 Å². The Kier molecular flexibility index (Phi) is 13.7. The largest absolute Gasteiger partial charge is 0.420 e. The summed E-state index contributed by atoms with van der Waals surface area (Å²) in [6.07, 6.45) is -3.10. The van der Waals surface area contributed by atoms with Crippen LogP contribution in [0.3, 0.4) is 0 Å². The van der Waals surface area contributed by atoms with Gasteiger partial charge in [-0.05, 0) is 101 Å². The fourth-order valence-electron chi connectivity index (χ4n) is 7.53. The summed E-state index contributed by atoms with van der Waals surface area (Å²) in [6, 6.07) is 32.5. The van der Waals surface area contributed by atoms with Gasteiger partial charge < -0.3 is 9.13 Å². The van der Waals surface area contributed by atoms with Gasteiger partial charge in [0.2, 0.25) is 0 Å². The van der Waals surface area contributed by atoms with E-state index in [2.05, 4.69) is 75.8 Å². The lowest BCUT2D eigenvalue weighted by molar-refractivity contribution is -0.137. The number of nitrogens with zero attached hydrogens (tertiary/aromatic N) is 2. The van der Waals surface area contributed by atoms with E-state index >= 15 is 17.6 Å². The number of hydrogen-bond donors (Lipinski definition) is 0. The summed E-state index contributed by atoms with van der Waals surface area (Å²) >= 11 is 0. The van der Waals surface area contributed by atoms with E-state index in [0.717, 1.165) is 44.8 Å². The smallest absolute Gasteiger partial charge is 0.309 e. The summed E-state index contributed by atoms with van der Waals surface area (Å²) in [6.45, 7) is 30.6. The van der Waals surface area contributed by atoms with E-state index in [1.165, 1.54) is 18.2 Å². The topological polar surface area (TPSA) is 9.86 Å². The molecule has 0 N–H and O–H groups in total. The van der Waals surface area contributed by atoms with Crippen molar-refractivity contribution in [2.75, 3.05) is 0 Å². The molecular weight excluding hydrogens is 784 g/mol. The molecule has 0 atom stereocenters. The monoisotopic (exact) mass is 844 g/mol. The SMILES string of the molecule is C=CC.CC.CC(C)(C)C.CC(C)(C)c1ccc2c(c1)c1ccccc1n2-c1cc(-c2ccc(F)cc2F)cc(-n2c3ccccc3c3cc(C(C)(C)C)ccc32)c1C(F)(F)F. The quantitative estimate of drug-likeness (QED) is 0.124. The number of alkyl halides is 3. The maximum Gasteiger partial charge on any atom is 0.420 e. The highest BCUT2D eigenvalue weighted by Crippen LogP contribution is 2.47. The van der Waals surface area contributed by atoms with E-state index in [9.17, 15) is 4.39 Å². The van der Waals surface area contributed by atoms with Gasteiger partial charge in [-0.2, -0.15) is 13.2 Å². The number of halogens is 5. The molecule has 0 fully saturated rings. The number of benzene rings is 6. The zero-order valence-electron chi connectivity index (χ0n) is 38.5. The molecule has 2 aromatic heterocycles. The molecule has 2 heterocycles. The van der Waals surface area contributed by atoms with Gasteiger partial charge in [-0.25, -0.2) is 8.78 Å². The maximum atomic E-state index is 16.0. The molecule has 0 aliphatic rings. The molecule has 6 aromatic carbocycles. The van der Waals surface area contributed by atoms with Crippen molar-refractivity contribution >= 4 is 43.6 Å². The van der Waals surface area contributed by atoms with Crippen molar-refractivity contribution in [3.8, 4) is 22.5 Å². The van der Waals surface area contributed by atoms with Crippen LogP contribution >= 0.6 is 0 Å². The first-order chi connectivity index (χ1) is 28.9. The Morgan fingerprint density at radius 1 is 0.500 bits per heavy atom. The second kappa shape index (κ2) is 18.0. The first kappa shape index (κ1) is 47.4. The van der Waals surface area contributed by atoms with Gasteiger partial charge in [-0.15, -0.1) is 6.58 Å². The summed E-state index contributed by atoms with van der Waals surface area (Å²) < 4.78 is 81.3. The van der Waals surface area contributed by atoms with Crippen LogP contribution in [0.15, 0.2) is 128 Å². The lowest BCUT2D eigenvalue weighted by Gasteiger charge is -2.24. The van der Waals surface area contributed by atoms with Gasteiger partial charge >= 0.3 is 6.18 Å². The molecule has 0 aliphatic carbocycles. The van der Waals surface area contributed by atoms with Crippen molar-refractivity contribution in [1.29, 1.82) is 0 Å². The minimum absolute atomic E-state index is 0.0100. The van der Waals surface area contributed by atoms with Crippen LogP contribution in [-0.2, 0) is 17.0 Å². The van der Waals surface area contributed by atoms with Crippen molar-refractivity contribution in [2.45, 2.75) is 107 Å². The van der Waals surface area contributed by atoms with Gasteiger partial charge in [-0.1, -0.05) is 138 Å². The van der Waals surface area contributed by atoms with Crippen LogP contribution in [0.4, 0.5) is 22.0 Å². The molecular formula is C55H61F5N2. The third kappa shape index (κ3) is 9.83. The molecule has 62 heavy (non-hydrogen) atoms. The average molecular weight is 845 g/mol. The number of fused-ring (bicyclic) bond motifs is 6. The van der Waals surface area contributed by atoms with E-state index in [0.29, 0.717) is 27.5 Å². The van der Waals surface area contributed by atoms with Crippen LogP contribution in [0.25, 0.3) is 66.1 Å². The molecule has 0 spiro atoms. The van der Waals surface area contributed by atoms with E-state index in [4.69, 9.17) is 0 Å². The van der Waals surface area contributed by atoms with Gasteiger partial charge in [-0.3, -0.25) is 0 Å². The first-order valence-corrected chi connectivity index (χ1v) is 21.3. The zero-order chi connectivity index (χ0) is 46.1. The number of para-hydroxylation sites is 2. The summed E-state index contributed by atoms with van der Waals surface area (Å²) in [4.78, 5) is 0. The molecule has 0 unspecified atom stereocenters. The normalized spacial score (nSPS) is 12.1. The highest BCUT2D eigenvalue weighted by molar-refractivity contribution is 6.11. The van der Waals surface area contributed by atoms with Gasteiger partial charge in [0.15, 0.2) is 0 Å². The fourth-order valence-corrected chi connectivity index (χ4v) is 7.53. The highest BCUT2D eigenvalue weighted by atomic mass is 19.4. The molecule has 0 radical (unpaired) electrons. The van der Waals surface area contributed by atoms with E-state index in [-0.39, 0.29) is 33.3 Å². The lowest BCUT2D eigenvalue weighted by atomic mass is 9.86.